The first-order valence-corrected chi connectivity index (χ1v) is 27.6. The van der Waals surface area contributed by atoms with E-state index >= 15 is 8.78 Å². The molecule has 406 valence electrons. The molecule has 5 aliphatic rings. The Hall–Kier alpha value is -7.07. The number of piperazine rings is 1. The minimum absolute atomic E-state index is 0.0394. The zero-order valence-corrected chi connectivity index (χ0v) is 44.0. The molecule has 3 saturated heterocycles. The number of nitrogens with zero attached hydrogens (tertiary/aromatic N) is 5. The van der Waals surface area contributed by atoms with Gasteiger partial charge in [-0.15, -0.1) is 0 Å². The summed E-state index contributed by atoms with van der Waals surface area (Å²) in [6, 6.07) is 24.3. The number of methoxy groups -OCH3 is 1. The molecule has 1 aliphatic carbocycles. The van der Waals surface area contributed by atoms with E-state index in [0.717, 1.165) is 63.7 Å². The smallest absolute Gasteiger partial charge is 0.297 e. The van der Waals surface area contributed by atoms with Gasteiger partial charge in [0.1, 0.15) is 39.3 Å². The molecule has 4 aromatic carbocycles. The van der Waals surface area contributed by atoms with Gasteiger partial charge in [0.25, 0.3) is 21.6 Å². The molecule has 18 nitrogen and oxygen atoms in total. The average Bonchev–Trinajstić information content (AvgIpc) is 4.18. The Balaban J connectivity index is 0.820. The quantitative estimate of drug-likeness (QED) is 0.0610. The van der Waals surface area contributed by atoms with Gasteiger partial charge in [0, 0.05) is 108 Å². The maximum absolute atomic E-state index is 16.7. The van der Waals surface area contributed by atoms with Crippen molar-refractivity contribution in [2.45, 2.75) is 87.5 Å². The molecule has 1 spiro atoms. The number of nitrogens with one attached hydrogen (secondary N) is 3. The lowest BCUT2D eigenvalue weighted by molar-refractivity contribution is -0.384. The van der Waals surface area contributed by atoms with Crippen LogP contribution in [-0.4, -0.2) is 117 Å². The summed E-state index contributed by atoms with van der Waals surface area (Å²) < 4.78 is 90.7. The predicted molar refractivity (Wildman–Crippen MR) is 284 cm³/mol. The fraction of sp³-hybridized carbons (Fsp3) is 0.429. The van der Waals surface area contributed by atoms with E-state index in [1.54, 1.807) is 25.4 Å². The first kappa shape index (κ1) is 52.0. The number of rotatable bonds is 16. The van der Waals surface area contributed by atoms with Crippen LogP contribution in [0.2, 0.25) is 0 Å². The molecule has 1 unspecified atom stereocenters. The molecule has 6 heterocycles. The highest BCUT2D eigenvalue weighted by molar-refractivity contribution is 7.90. The largest absolute Gasteiger partial charge is 0.497 e. The van der Waals surface area contributed by atoms with Gasteiger partial charge in [-0.1, -0.05) is 50.2 Å². The molecular formula is C56H62F2N8O10S. The number of halogens is 2. The summed E-state index contributed by atoms with van der Waals surface area (Å²) in [5, 5.41) is 15.9. The van der Waals surface area contributed by atoms with E-state index in [-0.39, 0.29) is 72.7 Å². The van der Waals surface area contributed by atoms with Crippen molar-refractivity contribution in [1.29, 1.82) is 0 Å². The fourth-order valence-electron chi connectivity index (χ4n) is 11.9. The van der Waals surface area contributed by atoms with Crippen molar-refractivity contribution in [2.75, 3.05) is 76.6 Å². The third kappa shape index (κ3) is 10.6. The highest BCUT2D eigenvalue weighted by Crippen LogP contribution is 2.54. The Kier molecular flexibility index (Phi) is 14.2. The molecule has 2 aromatic heterocycles. The van der Waals surface area contributed by atoms with E-state index in [9.17, 15) is 23.3 Å². The Labute approximate surface area is 445 Å². The maximum atomic E-state index is 16.7. The summed E-state index contributed by atoms with van der Waals surface area (Å²) in [5.74, 6) is -1.58. The third-order valence-electron chi connectivity index (χ3n) is 16.2. The van der Waals surface area contributed by atoms with E-state index in [1.807, 2.05) is 21.8 Å². The van der Waals surface area contributed by atoms with Crippen LogP contribution in [0.5, 0.6) is 28.7 Å². The molecule has 1 saturated carbocycles. The number of amides is 1. The van der Waals surface area contributed by atoms with Gasteiger partial charge in [-0.05, 0) is 84.0 Å². The van der Waals surface area contributed by atoms with Crippen LogP contribution in [0.4, 0.5) is 25.8 Å². The van der Waals surface area contributed by atoms with Crippen LogP contribution in [0.3, 0.4) is 0 Å². The van der Waals surface area contributed by atoms with E-state index in [2.05, 4.69) is 75.3 Å². The number of aromatic nitrogens is 2. The number of ether oxygens (including phenoxy) is 5. The van der Waals surface area contributed by atoms with Crippen LogP contribution < -0.4 is 33.9 Å². The number of piperidine rings is 1. The lowest BCUT2D eigenvalue weighted by Gasteiger charge is -2.58. The highest BCUT2D eigenvalue weighted by Gasteiger charge is 2.50. The number of aromatic amines is 1. The number of hydrogen-bond acceptors (Lipinski definition) is 15. The minimum Gasteiger partial charge on any atom is -0.497 e. The summed E-state index contributed by atoms with van der Waals surface area (Å²) in [6.45, 7) is 8.67. The van der Waals surface area contributed by atoms with Crippen LogP contribution >= 0.6 is 0 Å². The van der Waals surface area contributed by atoms with Crippen molar-refractivity contribution in [2.24, 2.45) is 5.41 Å². The summed E-state index contributed by atoms with van der Waals surface area (Å²) in [7, 11) is -3.33. The number of carbonyl (C=O) groups excluding carboxylic acids is 1. The molecule has 1 atom stereocenters. The zero-order chi connectivity index (χ0) is 53.6. The van der Waals surface area contributed by atoms with Gasteiger partial charge < -0.3 is 38.9 Å². The molecule has 11 rings (SSSR count). The minimum atomic E-state index is -5.02. The van der Waals surface area contributed by atoms with E-state index in [0.29, 0.717) is 42.1 Å². The predicted octanol–water partition coefficient (Wildman–Crippen LogP) is 9.62. The van der Waals surface area contributed by atoms with E-state index in [1.165, 1.54) is 29.0 Å². The second-order valence-corrected chi connectivity index (χ2v) is 23.0. The van der Waals surface area contributed by atoms with Crippen molar-refractivity contribution in [1.82, 2.24) is 24.5 Å². The van der Waals surface area contributed by atoms with Gasteiger partial charge in [-0.3, -0.25) is 24.7 Å². The van der Waals surface area contributed by atoms with Crippen LogP contribution in [0.25, 0.3) is 11.0 Å². The molecule has 0 bridgehead atoms. The number of sulfonamides is 1. The van der Waals surface area contributed by atoms with Gasteiger partial charge in [-0.25, -0.2) is 26.9 Å². The fourth-order valence-corrected chi connectivity index (χ4v) is 13.1. The lowest BCUT2D eigenvalue weighted by Crippen LogP contribution is -2.60. The molecule has 3 N–H and O–H groups in total. The second kappa shape index (κ2) is 21.0. The molecule has 1 amide bonds. The van der Waals surface area contributed by atoms with Crippen molar-refractivity contribution in [3.63, 3.8) is 0 Å². The van der Waals surface area contributed by atoms with Gasteiger partial charge in [0.15, 0.2) is 17.2 Å². The number of anilines is 2. The number of pyridine rings is 1. The van der Waals surface area contributed by atoms with Gasteiger partial charge in [0.05, 0.1) is 29.5 Å². The number of benzene rings is 4. The number of nitro groups is 1. The van der Waals surface area contributed by atoms with Crippen LogP contribution in [0.1, 0.15) is 91.4 Å². The first-order chi connectivity index (χ1) is 37.1. The normalized spacial score (nSPS) is 19.6. The molecule has 77 heavy (non-hydrogen) atoms. The van der Waals surface area contributed by atoms with Crippen molar-refractivity contribution in [3.8, 4) is 28.7 Å². The van der Waals surface area contributed by atoms with E-state index < -0.39 is 61.0 Å². The average molecular weight is 1080 g/mol. The molecular weight excluding hydrogens is 1010 g/mol. The monoisotopic (exact) mass is 1080 g/mol. The highest BCUT2D eigenvalue weighted by atomic mass is 32.2. The summed E-state index contributed by atoms with van der Waals surface area (Å²) in [5.41, 5.74) is 1.54. The summed E-state index contributed by atoms with van der Waals surface area (Å²) in [6.07, 6.45) is 6.89. The zero-order valence-electron chi connectivity index (χ0n) is 43.2. The molecule has 4 fully saturated rings. The van der Waals surface area contributed by atoms with Crippen LogP contribution in [0, 0.1) is 21.3 Å². The number of H-pyrrole nitrogens is 1. The molecule has 0 radical (unpaired) electrons. The van der Waals surface area contributed by atoms with Crippen LogP contribution in [0.15, 0.2) is 96.2 Å². The number of hydrogen-bond donors (Lipinski definition) is 3. The second-order valence-electron chi connectivity index (χ2n) is 21.3. The third-order valence-corrected chi connectivity index (χ3v) is 17.5. The standard InChI is InChI=1S/C56H62F2N8O10S/c1-35(2)41-6-4-5-7-42(41)47-32-63(31-36-8-10-39(72-3)11-9-36)20-21-65(47)38-28-55(29-38)13-18-64(19-14-55)45-26-48(76-40-24-37-12-17-59-53(37)60-30-40)43(25-44(45)57)54(67)62-77(70,71)49-27-46(66(68)69)50(52-51(49)74-34-75-52)61-33-56(58)15-22-73-23-16-56/h4-12,17,24-27,30,35,38,47,61H,13-16,18-23,28-29,31-34H2,1-3H3,(H,59,60)(H,62,67). The van der Waals surface area contributed by atoms with Crippen LogP contribution in [-0.2, 0) is 21.3 Å². The SMILES string of the molecule is COc1ccc(CN2CCN(C3CC4(CCN(c5cc(Oc6cnc7[nH]ccc7c6)c(C(=O)NS(=O)(=O)c6cc([N+](=O)[O-])c(NCC7(F)CCOCC7)c7c6OCO7)cc5F)CC4)C3)C(c3ccccc3C(C)C)C2)cc1. The number of alkyl halides is 1. The van der Waals surface area contributed by atoms with E-state index in [4.69, 9.17) is 23.7 Å². The molecule has 21 heteroatoms. The molecule has 4 aliphatic heterocycles. The Morgan fingerprint density at radius 2 is 1.71 bits per heavy atom. The Morgan fingerprint density at radius 1 is 0.961 bits per heavy atom. The maximum Gasteiger partial charge on any atom is 0.297 e. The Morgan fingerprint density at radius 3 is 2.45 bits per heavy atom. The first-order valence-electron chi connectivity index (χ1n) is 26.2. The van der Waals surface area contributed by atoms with Gasteiger partial charge >= 0.3 is 0 Å². The number of nitro benzene ring substituents is 1. The number of carbonyl (C=O) groups is 1. The van der Waals surface area contributed by atoms with Gasteiger partial charge in [0.2, 0.25) is 6.79 Å². The van der Waals surface area contributed by atoms with Gasteiger partial charge in [-0.2, -0.15) is 0 Å². The Bertz CT molecular complexity index is 3300. The summed E-state index contributed by atoms with van der Waals surface area (Å²) >= 11 is 0. The summed E-state index contributed by atoms with van der Waals surface area (Å²) in [4.78, 5) is 39.7. The van der Waals surface area contributed by atoms with Crippen molar-refractivity contribution < 1.29 is 50.6 Å². The number of fused-ring (bicyclic) bond motifs is 2. The topological polar surface area (TPSA) is 203 Å². The molecule has 6 aromatic rings. The van der Waals surface area contributed by atoms with Crippen molar-refractivity contribution >= 4 is 44.0 Å². The lowest BCUT2D eigenvalue weighted by atomic mass is 9.59. The van der Waals surface area contributed by atoms with Crippen molar-refractivity contribution in [3.05, 3.63) is 129 Å².